The molecule has 0 saturated carbocycles. The third kappa shape index (κ3) is 3.02. The van der Waals surface area contributed by atoms with E-state index in [2.05, 4.69) is 10.3 Å². The van der Waals surface area contributed by atoms with Crippen LogP contribution in [0.3, 0.4) is 0 Å². The molecule has 0 aliphatic rings. The van der Waals surface area contributed by atoms with E-state index in [1.807, 2.05) is 19.2 Å². The van der Waals surface area contributed by atoms with Crippen molar-refractivity contribution in [1.82, 2.24) is 10.3 Å². The summed E-state index contributed by atoms with van der Waals surface area (Å²) < 4.78 is 0. The van der Waals surface area contributed by atoms with Crippen LogP contribution in [0.5, 0.6) is 0 Å². The lowest BCUT2D eigenvalue weighted by molar-refractivity contribution is -0.126. The largest absolute Gasteiger partial charge is 0.345 e. The molecule has 0 aromatic carbocycles. The number of carbonyl (C=O) groups excluding carboxylic acids is 1. The summed E-state index contributed by atoms with van der Waals surface area (Å²) in [4.78, 5) is 16.1. The fraction of sp³-hybridized carbons (Fsp3) is 0.636. The molecule has 0 fully saturated rings. The van der Waals surface area contributed by atoms with Gasteiger partial charge in [0.25, 0.3) is 0 Å². The van der Waals surface area contributed by atoms with Crippen molar-refractivity contribution >= 4 is 17.2 Å². The van der Waals surface area contributed by atoms with Gasteiger partial charge in [-0.25, -0.2) is 4.98 Å². The molecule has 2 unspecified atom stereocenters. The third-order valence-corrected chi connectivity index (χ3v) is 3.61. The van der Waals surface area contributed by atoms with Gasteiger partial charge >= 0.3 is 0 Å². The van der Waals surface area contributed by atoms with E-state index in [9.17, 15) is 4.79 Å². The van der Waals surface area contributed by atoms with Crippen LogP contribution in [0.15, 0.2) is 11.6 Å². The van der Waals surface area contributed by atoms with Crippen molar-refractivity contribution < 1.29 is 4.79 Å². The lowest BCUT2D eigenvalue weighted by Crippen LogP contribution is -2.51. The molecule has 5 heteroatoms. The van der Waals surface area contributed by atoms with Gasteiger partial charge in [-0.05, 0) is 19.8 Å². The van der Waals surface area contributed by atoms with E-state index in [0.717, 1.165) is 11.4 Å². The van der Waals surface area contributed by atoms with Gasteiger partial charge in [0, 0.05) is 11.6 Å². The summed E-state index contributed by atoms with van der Waals surface area (Å²) in [5.41, 5.74) is 5.09. The highest BCUT2D eigenvalue weighted by Crippen LogP contribution is 2.19. The number of amides is 1. The van der Waals surface area contributed by atoms with Crippen molar-refractivity contribution in [3.63, 3.8) is 0 Å². The Morgan fingerprint density at radius 1 is 1.69 bits per heavy atom. The SMILES string of the molecule is CCC(NC(=O)C(C)(N)CC)c1nccs1. The van der Waals surface area contributed by atoms with Crippen molar-refractivity contribution in [2.24, 2.45) is 5.73 Å². The minimum absolute atomic E-state index is 0.0260. The summed E-state index contributed by atoms with van der Waals surface area (Å²) in [7, 11) is 0. The Morgan fingerprint density at radius 2 is 2.38 bits per heavy atom. The van der Waals surface area contributed by atoms with Crippen molar-refractivity contribution in [2.75, 3.05) is 0 Å². The van der Waals surface area contributed by atoms with Crippen LogP contribution in [0, 0.1) is 0 Å². The molecular weight excluding hydrogens is 222 g/mol. The summed E-state index contributed by atoms with van der Waals surface area (Å²) in [6, 6.07) is -0.0260. The smallest absolute Gasteiger partial charge is 0.240 e. The van der Waals surface area contributed by atoms with E-state index in [1.165, 1.54) is 0 Å². The lowest BCUT2D eigenvalue weighted by atomic mass is 9.99. The van der Waals surface area contributed by atoms with E-state index in [-0.39, 0.29) is 11.9 Å². The molecule has 2 atom stereocenters. The van der Waals surface area contributed by atoms with Gasteiger partial charge in [-0.2, -0.15) is 0 Å². The number of nitrogens with one attached hydrogen (secondary N) is 1. The number of nitrogens with two attached hydrogens (primary N) is 1. The average Bonchev–Trinajstić information content (AvgIpc) is 2.78. The first-order valence-electron chi connectivity index (χ1n) is 5.50. The Labute approximate surface area is 100 Å². The molecule has 0 aliphatic carbocycles. The van der Waals surface area contributed by atoms with Gasteiger partial charge < -0.3 is 11.1 Å². The van der Waals surface area contributed by atoms with Gasteiger partial charge in [0.1, 0.15) is 5.01 Å². The van der Waals surface area contributed by atoms with E-state index in [4.69, 9.17) is 5.73 Å². The summed E-state index contributed by atoms with van der Waals surface area (Å²) in [6.45, 7) is 5.67. The highest BCUT2D eigenvalue weighted by molar-refractivity contribution is 7.09. The molecule has 4 nitrogen and oxygen atoms in total. The molecule has 1 rings (SSSR count). The Balaban J connectivity index is 2.68. The van der Waals surface area contributed by atoms with Crippen LogP contribution in [-0.4, -0.2) is 16.4 Å². The lowest BCUT2D eigenvalue weighted by Gasteiger charge is -2.24. The second-order valence-electron chi connectivity index (χ2n) is 4.08. The minimum atomic E-state index is -0.801. The zero-order valence-corrected chi connectivity index (χ0v) is 10.8. The number of thiazole rings is 1. The highest BCUT2D eigenvalue weighted by atomic mass is 32.1. The van der Waals surface area contributed by atoms with Crippen LogP contribution in [0.4, 0.5) is 0 Å². The Morgan fingerprint density at radius 3 is 2.81 bits per heavy atom. The zero-order chi connectivity index (χ0) is 12.2. The van der Waals surface area contributed by atoms with E-state index < -0.39 is 5.54 Å². The molecule has 1 amide bonds. The van der Waals surface area contributed by atoms with Crippen LogP contribution in [0.25, 0.3) is 0 Å². The minimum Gasteiger partial charge on any atom is -0.345 e. The predicted molar refractivity (Wildman–Crippen MR) is 66.2 cm³/mol. The van der Waals surface area contributed by atoms with Gasteiger partial charge in [0.2, 0.25) is 5.91 Å². The molecule has 0 saturated heterocycles. The molecule has 0 radical (unpaired) electrons. The fourth-order valence-corrected chi connectivity index (χ4v) is 2.00. The highest BCUT2D eigenvalue weighted by Gasteiger charge is 2.28. The average molecular weight is 241 g/mol. The number of hydrogen-bond acceptors (Lipinski definition) is 4. The molecule has 1 aromatic heterocycles. The van der Waals surface area contributed by atoms with Crippen LogP contribution < -0.4 is 11.1 Å². The second-order valence-corrected chi connectivity index (χ2v) is 5.00. The first-order chi connectivity index (χ1) is 7.51. The second kappa shape index (κ2) is 5.41. The molecule has 1 aromatic rings. The molecule has 16 heavy (non-hydrogen) atoms. The Bertz CT molecular complexity index is 335. The van der Waals surface area contributed by atoms with Gasteiger partial charge in [-0.15, -0.1) is 11.3 Å². The van der Waals surface area contributed by atoms with Gasteiger partial charge in [0.05, 0.1) is 11.6 Å². The maximum atomic E-state index is 11.9. The summed E-state index contributed by atoms with van der Waals surface area (Å²) >= 11 is 1.55. The van der Waals surface area contributed by atoms with Crippen molar-refractivity contribution in [3.8, 4) is 0 Å². The van der Waals surface area contributed by atoms with Gasteiger partial charge in [-0.3, -0.25) is 4.79 Å². The predicted octanol–water partition coefficient (Wildman–Crippen LogP) is 1.84. The normalized spacial score (nSPS) is 16.5. The van der Waals surface area contributed by atoms with E-state index in [1.54, 1.807) is 24.5 Å². The Kier molecular flexibility index (Phi) is 4.44. The molecule has 1 heterocycles. The van der Waals surface area contributed by atoms with Crippen LogP contribution in [0.2, 0.25) is 0 Å². The molecule has 0 aliphatic heterocycles. The number of rotatable bonds is 5. The molecule has 0 bridgehead atoms. The molecular formula is C11H19N3OS. The first kappa shape index (κ1) is 13.1. The van der Waals surface area contributed by atoms with Gasteiger partial charge in [-0.1, -0.05) is 13.8 Å². The molecule has 90 valence electrons. The first-order valence-corrected chi connectivity index (χ1v) is 6.38. The van der Waals surface area contributed by atoms with E-state index >= 15 is 0 Å². The maximum Gasteiger partial charge on any atom is 0.240 e. The van der Waals surface area contributed by atoms with Crippen LogP contribution >= 0.6 is 11.3 Å². The Hall–Kier alpha value is -0.940. The van der Waals surface area contributed by atoms with E-state index in [0.29, 0.717) is 6.42 Å². The summed E-state index contributed by atoms with van der Waals surface area (Å²) in [5, 5.41) is 5.79. The number of carbonyl (C=O) groups is 1. The van der Waals surface area contributed by atoms with Crippen LogP contribution in [-0.2, 0) is 4.79 Å². The fourth-order valence-electron chi connectivity index (χ4n) is 1.23. The monoisotopic (exact) mass is 241 g/mol. The number of nitrogens with zero attached hydrogens (tertiary/aromatic N) is 1. The summed E-state index contributed by atoms with van der Waals surface area (Å²) in [6.07, 6.45) is 3.18. The summed E-state index contributed by atoms with van der Waals surface area (Å²) in [5.74, 6) is -0.114. The molecule has 0 spiro atoms. The standard InChI is InChI=1S/C11H19N3OS/c1-4-8(9-13-6-7-16-9)14-10(15)11(3,12)5-2/h6-8H,4-5,12H2,1-3H3,(H,14,15). The van der Waals surface area contributed by atoms with Crippen LogP contribution in [0.1, 0.15) is 44.7 Å². The van der Waals surface area contributed by atoms with Crippen molar-refractivity contribution in [2.45, 2.75) is 45.2 Å². The maximum absolute atomic E-state index is 11.9. The molecule has 3 N–H and O–H groups in total. The number of hydrogen-bond donors (Lipinski definition) is 2. The zero-order valence-electron chi connectivity index (χ0n) is 9.99. The third-order valence-electron chi connectivity index (χ3n) is 2.72. The van der Waals surface area contributed by atoms with Gasteiger partial charge in [0.15, 0.2) is 0 Å². The van der Waals surface area contributed by atoms with Crippen molar-refractivity contribution in [1.29, 1.82) is 0 Å². The number of aromatic nitrogens is 1. The quantitative estimate of drug-likeness (QED) is 0.826. The van der Waals surface area contributed by atoms with Crippen molar-refractivity contribution in [3.05, 3.63) is 16.6 Å². The topological polar surface area (TPSA) is 68.0 Å².